The van der Waals surface area contributed by atoms with E-state index in [2.05, 4.69) is 27.7 Å². The van der Waals surface area contributed by atoms with E-state index < -0.39 is 11.9 Å². The van der Waals surface area contributed by atoms with Gasteiger partial charge in [0, 0.05) is 11.1 Å². The first kappa shape index (κ1) is 25.3. The molecule has 2 rings (SSSR count). The second kappa shape index (κ2) is 12.6. The van der Waals surface area contributed by atoms with Gasteiger partial charge in [-0.3, -0.25) is 0 Å². The molecule has 140 valence electrons. The first-order valence-electron chi connectivity index (χ1n) is 8.80. The summed E-state index contributed by atoms with van der Waals surface area (Å²) in [5, 5.41) is 21.4. The summed E-state index contributed by atoms with van der Waals surface area (Å²) in [4.78, 5) is 21.4. The molecular weight excluding hydrogens is 441 g/mol. The minimum absolute atomic E-state index is 0. The number of rotatable bonds is 6. The van der Waals surface area contributed by atoms with Gasteiger partial charge >= 0.3 is 27.3 Å². The summed E-state index contributed by atoms with van der Waals surface area (Å²) in [7, 11) is 0. The van der Waals surface area contributed by atoms with Crippen LogP contribution in [0.15, 0.2) is 48.5 Å². The molecule has 0 saturated heterocycles. The molecule has 0 radical (unpaired) electrons. The summed E-state index contributed by atoms with van der Waals surface area (Å²) >= 11 is 0. The first-order chi connectivity index (χ1) is 12.2. The second-order valence-electron chi connectivity index (χ2n) is 7.09. The smallest absolute Gasteiger partial charge is 0.545 e. The Bertz CT molecular complexity index is 675. The van der Waals surface area contributed by atoms with Crippen LogP contribution in [0.3, 0.4) is 0 Å². The molecule has 0 aliphatic rings. The van der Waals surface area contributed by atoms with Gasteiger partial charge in [0.15, 0.2) is 0 Å². The largest absolute Gasteiger partial charge is 2.00 e. The molecule has 4 nitrogen and oxygen atoms in total. The molecule has 0 heterocycles. The summed E-state index contributed by atoms with van der Waals surface area (Å²) < 4.78 is 0. The van der Waals surface area contributed by atoms with Crippen molar-refractivity contribution in [3.63, 3.8) is 0 Å². The molecule has 2 aromatic rings. The maximum Gasteiger partial charge on any atom is 2.00 e. The van der Waals surface area contributed by atoms with Gasteiger partial charge in [-0.25, -0.2) is 0 Å². The first-order valence-corrected chi connectivity index (χ1v) is 8.80. The van der Waals surface area contributed by atoms with Crippen molar-refractivity contribution in [3.05, 3.63) is 70.8 Å². The van der Waals surface area contributed by atoms with Crippen LogP contribution in [0.25, 0.3) is 0 Å². The summed E-state index contributed by atoms with van der Waals surface area (Å²) in [5.74, 6) is -1.26. The number of aromatic carboxylic acids is 2. The average molecular weight is 467 g/mol. The van der Waals surface area contributed by atoms with E-state index in [4.69, 9.17) is 0 Å². The van der Waals surface area contributed by atoms with E-state index >= 15 is 0 Å². The Morgan fingerprint density at radius 1 is 0.704 bits per heavy atom. The van der Waals surface area contributed by atoms with Crippen molar-refractivity contribution in [3.8, 4) is 0 Å². The van der Waals surface area contributed by atoms with E-state index in [1.807, 2.05) is 24.3 Å². The third-order valence-corrected chi connectivity index (χ3v) is 3.73. The summed E-state index contributed by atoms with van der Waals surface area (Å²) in [6, 6.07) is 14.0. The fourth-order valence-electron chi connectivity index (χ4n) is 2.67. The van der Waals surface area contributed by atoms with Gasteiger partial charge in [0.2, 0.25) is 0 Å². The Labute approximate surface area is 181 Å². The third kappa shape index (κ3) is 9.17. The van der Waals surface area contributed by atoms with Crippen LogP contribution in [0.2, 0.25) is 0 Å². The Morgan fingerprint density at radius 2 is 1.00 bits per heavy atom. The predicted molar refractivity (Wildman–Crippen MR) is 98.6 cm³/mol. The summed E-state index contributed by atoms with van der Waals surface area (Å²) in [6.45, 7) is 8.25. The monoisotopic (exact) mass is 468 g/mol. The normalized spacial score (nSPS) is 10.0. The van der Waals surface area contributed by atoms with Crippen molar-refractivity contribution < 1.29 is 47.1 Å². The minimum Gasteiger partial charge on any atom is -0.545 e. The van der Waals surface area contributed by atoms with Crippen LogP contribution in [0.4, 0.5) is 0 Å². The Kier molecular flexibility index (Phi) is 11.9. The van der Waals surface area contributed by atoms with Gasteiger partial charge in [0.05, 0.1) is 11.9 Å². The number of hydrogen-bond acceptors (Lipinski definition) is 4. The Hall–Kier alpha value is -1.70. The molecule has 0 aliphatic heterocycles. The third-order valence-electron chi connectivity index (χ3n) is 3.73. The molecule has 0 amide bonds. The van der Waals surface area contributed by atoms with Crippen molar-refractivity contribution in [2.45, 2.75) is 40.5 Å². The van der Waals surface area contributed by atoms with E-state index in [0.717, 1.165) is 24.0 Å². The van der Waals surface area contributed by atoms with Crippen LogP contribution >= 0.6 is 0 Å². The van der Waals surface area contributed by atoms with E-state index in [1.165, 1.54) is 0 Å². The van der Waals surface area contributed by atoms with Crippen molar-refractivity contribution in [1.82, 2.24) is 0 Å². The number of benzene rings is 2. The number of carbonyl (C=O) groups excluding carboxylic acids is 2. The van der Waals surface area contributed by atoms with Crippen LogP contribution in [-0.4, -0.2) is 11.9 Å². The Balaban J connectivity index is 0.000000483. The molecule has 0 aromatic heterocycles. The molecule has 0 unspecified atom stereocenters. The predicted octanol–water partition coefficient (Wildman–Crippen LogP) is 2.49. The molecule has 5 heteroatoms. The molecular formula is C22H26CdO4. The van der Waals surface area contributed by atoms with Gasteiger partial charge in [0.25, 0.3) is 0 Å². The molecule has 0 spiro atoms. The van der Waals surface area contributed by atoms with Gasteiger partial charge in [0.1, 0.15) is 0 Å². The molecule has 0 saturated carbocycles. The van der Waals surface area contributed by atoms with Crippen molar-refractivity contribution in [2.75, 3.05) is 0 Å². The maximum atomic E-state index is 10.7. The van der Waals surface area contributed by atoms with Gasteiger partial charge in [-0.15, -0.1) is 0 Å². The van der Waals surface area contributed by atoms with Crippen LogP contribution < -0.4 is 10.2 Å². The molecule has 0 fully saturated rings. The number of hydrogen-bond donors (Lipinski definition) is 0. The van der Waals surface area contributed by atoms with E-state index in [0.29, 0.717) is 23.0 Å². The zero-order valence-corrected chi connectivity index (χ0v) is 20.6. The van der Waals surface area contributed by atoms with Gasteiger partial charge in [-0.1, -0.05) is 76.2 Å². The number of carboxylic acid groups (broad SMARTS) is 2. The fourth-order valence-corrected chi connectivity index (χ4v) is 2.67. The minimum atomic E-state index is -1.09. The van der Waals surface area contributed by atoms with Crippen molar-refractivity contribution in [2.24, 2.45) is 11.8 Å². The zero-order valence-electron chi connectivity index (χ0n) is 16.5. The molecule has 0 atom stereocenters. The molecule has 0 aliphatic carbocycles. The van der Waals surface area contributed by atoms with E-state index in [1.54, 1.807) is 24.3 Å². The summed E-state index contributed by atoms with van der Waals surface area (Å²) in [6.07, 6.45) is 1.56. The average Bonchev–Trinajstić information content (AvgIpc) is 2.55. The van der Waals surface area contributed by atoms with Gasteiger partial charge in [-0.05, 0) is 35.8 Å². The molecule has 0 N–H and O–H groups in total. The van der Waals surface area contributed by atoms with E-state index in [9.17, 15) is 19.8 Å². The zero-order chi connectivity index (χ0) is 19.7. The molecule has 0 bridgehead atoms. The van der Waals surface area contributed by atoms with Crippen LogP contribution in [-0.2, 0) is 40.1 Å². The second-order valence-corrected chi connectivity index (χ2v) is 7.09. The van der Waals surface area contributed by atoms with Crippen LogP contribution in [0.5, 0.6) is 0 Å². The van der Waals surface area contributed by atoms with Crippen molar-refractivity contribution in [1.29, 1.82) is 0 Å². The molecule has 27 heavy (non-hydrogen) atoms. The number of carbonyl (C=O) groups is 2. The van der Waals surface area contributed by atoms with Crippen LogP contribution in [0.1, 0.15) is 59.5 Å². The van der Waals surface area contributed by atoms with Gasteiger partial charge < -0.3 is 19.8 Å². The molecule has 2 aromatic carbocycles. The SMILES string of the molecule is CC(C)Cc1ccccc1C(=O)[O-].CC(C)Cc1ccccc1C(=O)[O-].[Cd+2]. The van der Waals surface area contributed by atoms with Gasteiger partial charge in [-0.2, -0.15) is 0 Å². The topological polar surface area (TPSA) is 80.3 Å². The van der Waals surface area contributed by atoms with Crippen molar-refractivity contribution >= 4 is 11.9 Å². The number of carboxylic acids is 2. The quantitative estimate of drug-likeness (QED) is 0.613. The van der Waals surface area contributed by atoms with E-state index in [-0.39, 0.29) is 27.3 Å². The summed E-state index contributed by atoms with van der Waals surface area (Å²) in [5.41, 5.74) is 2.35. The maximum absolute atomic E-state index is 10.7. The Morgan fingerprint density at radius 3 is 1.26 bits per heavy atom. The van der Waals surface area contributed by atoms with Crippen LogP contribution in [0, 0.1) is 11.8 Å². The fraction of sp³-hybridized carbons (Fsp3) is 0.364. The standard InChI is InChI=1S/2C11H14O2.Cd/c2*1-8(2)7-9-5-3-4-6-10(9)11(12)13;/h2*3-6,8H,7H2,1-2H3,(H,12,13);/q;;+2/p-2.